The fraction of sp³-hybridized carbons (Fsp3) is 0.300. The van der Waals surface area contributed by atoms with E-state index in [9.17, 15) is 18.0 Å². The second-order valence-electron chi connectivity index (χ2n) is 3.20. The van der Waals surface area contributed by atoms with Crippen LogP contribution in [0.25, 0.3) is 0 Å². The molecule has 0 heterocycles. The van der Waals surface area contributed by atoms with Crippen molar-refractivity contribution in [1.82, 2.24) is 0 Å². The van der Waals surface area contributed by atoms with Gasteiger partial charge in [0.05, 0.1) is 6.54 Å². The molecule has 0 unspecified atom stereocenters. The Morgan fingerprint density at radius 1 is 1.35 bits per heavy atom. The van der Waals surface area contributed by atoms with Crippen molar-refractivity contribution in [2.45, 2.75) is 6.36 Å². The quantitative estimate of drug-likeness (QED) is 0.882. The van der Waals surface area contributed by atoms with Gasteiger partial charge in [0.25, 0.3) is 0 Å². The number of carbonyl (C=O) groups excluding carboxylic acids is 1. The van der Waals surface area contributed by atoms with Crippen molar-refractivity contribution >= 4 is 11.6 Å². The third-order valence-corrected chi connectivity index (χ3v) is 2.01. The second kappa shape index (κ2) is 5.05. The largest absolute Gasteiger partial charge is 0.573 e. The molecule has 0 aromatic heterocycles. The van der Waals surface area contributed by atoms with Gasteiger partial charge < -0.3 is 15.4 Å². The molecule has 1 rings (SSSR count). The predicted octanol–water partition coefficient (Wildman–Crippen LogP) is 1.51. The Morgan fingerprint density at radius 2 is 1.88 bits per heavy atom. The van der Waals surface area contributed by atoms with Crippen molar-refractivity contribution in [3.63, 3.8) is 0 Å². The SMILES string of the molecule is CN(C(=O)CN)c1ccc(OC(F)(F)F)cc1. The van der Waals surface area contributed by atoms with Crippen LogP contribution in [0.3, 0.4) is 0 Å². The third-order valence-electron chi connectivity index (χ3n) is 2.01. The summed E-state index contributed by atoms with van der Waals surface area (Å²) in [7, 11) is 1.48. The molecule has 94 valence electrons. The fourth-order valence-corrected chi connectivity index (χ4v) is 1.15. The molecule has 1 aromatic rings. The minimum absolute atomic E-state index is 0.169. The molecule has 0 spiro atoms. The Kier molecular flexibility index (Phi) is 3.95. The lowest BCUT2D eigenvalue weighted by Gasteiger charge is -2.17. The number of hydrogen-bond donors (Lipinski definition) is 1. The summed E-state index contributed by atoms with van der Waals surface area (Å²) >= 11 is 0. The molecule has 0 saturated heterocycles. The summed E-state index contributed by atoms with van der Waals surface area (Å²) in [6.45, 7) is -0.169. The van der Waals surface area contributed by atoms with Gasteiger partial charge in [-0.1, -0.05) is 0 Å². The summed E-state index contributed by atoms with van der Waals surface area (Å²) in [6.07, 6.45) is -4.72. The van der Waals surface area contributed by atoms with E-state index in [0.29, 0.717) is 5.69 Å². The van der Waals surface area contributed by atoms with Gasteiger partial charge in [0.1, 0.15) is 5.75 Å². The number of amides is 1. The number of nitrogens with zero attached hydrogens (tertiary/aromatic N) is 1. The zero-order valence-electron chi connectivity index (χ0n) is 8.99. The molecule has 0 bridgehead atoms. The number of likely N-dealkylation sites (N-methyl/N-ethyl adjacent to an activating group) is 1. The van der Waals surface area contributed by atoms with E-state index in [0.717, 1.165) is 12.1 Å². The summed E-state index contributed by atoms with van der Waals surface area (Å²) in [5.74, 6) is -0.677. The number of nitrogens with two attached hydrogens (primary N) is 1. The highest BCUT2D eigenvalue weighted by molar-refractivity contribution is 5.94. The van der Waals surface area contributed by atoms with Crippen molar-refractivity contribution in [2.24, 2.45) is 5.73 Å². The zero-order valence-corrected chi connectivity index (χ0v) is 8.99. The minimum atomic E-state index is -4.72. The van der Waals surface area contributed by atoms with Gasteiger partial charge in [0, 0.05) is 12.7 Å². The average Bonchev–Trinajstić information content (AvgIpc) is 2.26. The standard InChI is InChI=1S/C10H11F3N2O2/c1-15(9(16)6-14)7-2-4-8(5-3-7)17-10(11,12)13/h2-5H,6,14H2,1H3. The molecule has 4 nitrogen and oxygen atoms in total. The highest BCUT2D eigenvalue weighted by atomic mass is 19.4. The maximum Gasteiger partial charge on any atom is 0.573 e. The maximum absolute atomic E-state index is 11.9. The van der Waals surface area contributed by atoms with Crippen LogP contribution in [0, 0.1) is 0 Å². The number of carbonyl (C=O) groups is 1. The molecule has 0 radical (unpaired) electrons. The van der Waals surface area contributed by atoms with Crippen LogP contribution in [0.4, 0.5) is 18.9 Å². The lowest BCUT2D eigenvalue weighted by atomic mass is 10.3. The monoisotopic (exact) mass is 248 g/mol. The topological polar surface area (TPSA) is 55.6 Å². The molecule has 1 aromatic carbocycles. The molecular formula is C10H11F3N2O2. The van der Waals surface area contributed by atoms with Crippen molar-refractivity contribution in [1.29, 1.82) is 0 Å². The van der Waals surface area contributed by atoms with Crippen LogP contribution in [0.2, 0.25) is 0 Å². The van der Waals surface area contributed by atoms with Crippen LogP contribution in [-0.2, 0) is 4.79 Å². The molecule has 0 saturated carbocycles. The molecule has 1 amide bonds. The fourth-order valence-electron chi connectivity index (χ4n) is 1.15. The number of halogens is 3. The summed E-state index contributed by atoms with van der Waals surface area (Å²) in [5.41, 5.74) is 5.60. The van der Waals surface area contributed by atoms with Crippen LogP contribution in [0.5, 0.6) is 5.75 Å². The first-order chi connectivity index (χ1) is 7.83. The number of ether oxygens (including phenoxy) is 1. The first-order valence-electron chi connectivity index (χ1n) is 4.66. The smallest absolute Gasteiger partial charge is 0.406 e. The predicted molar refractivity (Wildman–Crippen MR) is 55.6 cm³/mol. The van der Waals surface area contributed by atoms with E-state index in [2.05, 4.69) is 4.74 Å². The van der Waals surface area contributed by atoms with Gasteiger partial charge in [0.2, 0.25) is 5.91 Å². The zero-order chi connectivity index (χ0) is 13.1. The van der Waals surface area contributed by atoms with Gasteiger partial charge in [-0.2, -0.15) is 0 Å². The Labute approximate surface area is 95.8 Å². The van der Waals surface area contributed by atoms with Crippen molar-refractivity contribution in [3.05, 3.63) is 24.3 Å². The first-order valence-corrected chi connectivity index (χ1v) is 4.66. The Balaban J connectivity index is 2.78. The maximum atomic E-state index is 11.9. The number of hydrogen-bond acceptors (Lipinski definition) is 3. The van der Waals surface area contributed by atoms with E-state index in [4.69, 9.17) is 5.73 Å². The summed E-state index contributed by atoms with van der Waals surface area (Å²) in [5, 5.41) is 0. The highest BCUT2D eigenvalue weighted by Gasteiger charge is 2.31. The van der Waals surface area contributed by atoms with E-state index in [1.807, 2.05) is 0 Å². The van der Waals surface area contributed by atoms with Crippen molar-refractivity contribution in [2.75, 3.05) is 18.5 Å². The molecule has 0 fully saturated rings. The minimum Gasteiger partial charge on any atom is -0.406 e. The van der Waals surface area contributed by atoms with Gasteiger partial charge in [-0.05, 0) is 24.3 Å². The van der Waals surface area contributed by atoms with Gasteiger partial charge in [-0.25, -0.2) is 0 Å². The van der Waals surface area contributed by atoms with Gasteiger partial charge >= 0.3 is 6.36 Å². The molecule has 2 N–H and O–H groups in total. The molecule has 17 heavy (non-hydrogen) atoms. The van der Waals surface area contributed by atoms with E-state index in [1.54, 1.807) is 0 Å². The molecule has 0 aliphatic heterocycles. The summed E-state index contributed by atoms with van der Waals surface area (Å²) in [6, 6.07) is 4.94. The van der Waals surface area contributed by atoms with Crippen molar-refractivity contribution in [3.8, 4) is 5.75 Å². The molecule has 0 aliphatic carbocycles. The van der Waals surface area contributed by atoms with E-state index in [-0.39, 0.29) is 18.2 Å². The first kappa shape index (κ1) is 13.3. The van der Waals surface area contributed by atoms with Gasteiger partial charge in [-0.15, -0.1) is 13.2 Å². The Morgan fingerprint density at radius 3 is 2.29 bits per heavy atom. The van der Waals surface area contributed by atoms with Crippen LogP contribution < -0.4 is 15.4 Å². The Bertz CT molecular complexity index is 390. The van der Waals surface area contributed by atoms with Crippen molar-refractivity contribution < 1.29 is 22.7 Å². The number of anilines is 1. The van der Waals surface area contributed by atoms with Crippen LogP contribution in [-0.4, -0.2) is 25.9 Å². The number of rotatable bonds is 3. The van der Waals surface area contributed by atoms with Gasteiger partial charge in [0.15, 0.2) is 0 Å². The Hall–Kier alpha value is -1.76. The molecular weight excluding hydrogens is 237 g/mol. The average molecular weight is 248 g/mol. The second-order valence-corrected chi connectivity index (χ2v) is 3.20. The van der Waals surface area contributed by atoms with Crippen LogP contribution in [0.15, 0.2) is 24.3 Å². The van der Waals surface area contributed by atoms with E-state index >= 15 is 0 Å². The summed E-state index contributed by atoms with van der Waals surface area (Å²) in [4.78, 5) is 12.5. The van der Waals surface area contributed by atoms with Crippen LogP contribution >= 0.6 is 0 Å². The normalized spacial score (nSPS) is 11.1. The summed E-state index contributed by atoms with van der Waals surface area (Å²) < 4.78 is 39.3. The number of benzene rings is 1. The van der Waals surface area contributed by atoms with Gasteiger partial charge in [-0.3, -0.25) is 4.79 Å². The molecule has 7 heteroatoms. The lowest BCUT2D eigenvalue weighted by molar-refractivity contribution is -0.274. The van der Waals surface area contributed by atoms with E-state index in [1.165, 1.54) is 24.1 Å². The number of alkyl halides is 3. The molecule has 0 aliphatic rings. The third kappa shape index (κ3) is 3.95. The van der Waals surface area contributed by atoms with Crippen LogP contribution in [0.1, 0.15) is 0 Å². The molecule has 0 atom stereocenters. The highest BCUT2D eigenvalue weighted by Crippen LogP contribution is 2.24. The van der Waals surface area contributed by atoms with E-state index < -0.39 is 6.36 Å². The lowest BCUT2D eigenvalue weighted by Crippen LogP contribution is -2.32.